The van der Waals surface area contributed by atoms with E-state index >= 15 is 0 Å². The van der Waals surface area contributed by atoms with Crippen LogP contribution in [-0.2, 0) is 9.47 Å². The van der Waals surface area contributed by atoms with Crippen molar-refractivity contribution in [3.63, 3.8) is 0 Å². The Morgan fingerprint density at radius 3 is 2.18 bits per heavy atom. The molecule has 0 heterocycles. The minimum absolute atomic E-state index is 0.0626. The molecule has 0 aliphatic carbocycles. The predicted octanol–water partition coefficient (Wildman–Crippen LogP) is 3.59. The zero-order valence-electron chi connectivity index (χ0n) is 15.2. The molecule has 0 fully saturated rings. The van der Waals surface area contributed by atoms with E-state index in [0.29, 0.717) is 16.3 Å². The highest BCUT2D eigenvalue weighted by Gasteiger charge is 2.25. The van der Waals surface area contributed by atoms with E-state index in [1.54, 1.807) is 25.1 Å². The lowest BCUT2D eigenvalue weighted by atomic mass is 9.91. The molecule has 3 N–H and O–H groups in total. The van der Waals surface area contributed by atoms with Gasteiger partial charge in [0.2, 0.25) is 0 Å². The predicted molar refractivity (Wildman–Crippen MR) is 102 cm³/mol. The van der Waals surface area contributed by atoms with Crippen molar-refractivity contribution in [1.29, 1.82) is 0 Å². The zero-order valence-corrected chi connectivity index (χ0v) is 15.2. The van der Waals surface area contributed by atoms with Crippen molar-refractivity contribution in [1.82, 2.24) is 0 Å². The number of hydrogen-bond acceptors (Lipinski definition) is 7. The molecule has 0 atom stereocenters. The van der Waals surface area contributed by atoms with Gasteiger partial charge in [0.15, 0.2) is 0 Å². The molecular formula is C21H18O7. The number of fused-ring (bicyclic) bond motifs is 1. The second kappa shape index (κ2) is 7.48. The van der Waals surface area contributed by atoms with E-state index in [0.717, 1.165) is 0 Å². The highest BCUT2D eigenvalue weighted by molar-refractivity contribution is 6.10. The van der Waals surface area contributed by atoms with Crippen molar-refractivity contribution in [2.75, 3.05) is 13.7 Å². The third kappa shape index (κ3) is 3.18. The van der Waals surface area contributed by atoms with Crippen LogP contribution in [0.25, 0.3) is 21.9 Å². The van der Waals surface area contributed by atoms with Gasteiger partial charge in [-0.3, -0.25) is 0 Å². The molecule has 0 unspecified atom stereocenters. The molecule has 0 saturated carbocycles. The minimum Gasteiger partial charge on any atom is -0.507 e. The lowest BCUT2D eigenvalue weighted by Crippen LogP contribution is -2.07. The van der Waals surface area contributed by atoms with E-state index < -0.39 is 17.7 Å². The fourth-order valence-electron chi connectivity index (χ4n) is 3.07. The quantitative estimate of drug-likeness (QED) is 0.467. The van der Waals surface area contributed by atoms with E-state index in [-0.39, 0.29) is 34.8 Å². The van der Waals surface area contributed by atoms with Crippen LogP contribution in [0.2, 0.25) is 0 Å². The van der Waals surface area contributed by atoms with Gasteiger partial charge in [-0.2, -0.15) is 0 Å². The van der Waals surface area contributed by atoms with Crippen molar-refractivity contribution < 1.29 is 34.4 Å². The number of carbonyl (C=O) groups is 2. The maximum atomic E-state index is 12.4. The number of hydrogen-bond donors (Lipinski definition) is 3. The van der Waals surface area contributed by atoms with Gasteiger partial charge < -0.3 is 24.8 Å². The molecule has 3 rings (SSSR count). The molecule has 0 bridgehead atoms. The van der Waals surface area contributed by atoms with Crippen molar-refractivity contribution >= 4 is 22.7 Å². The van der Waals surface area contributed by atoms with E-state index in [4.69, 9.17) is 9.47 Å². The number of carbonyl (C=O) groups excluding carboxylic acids is 2. The number of esters is 2. The van der Waals surface area contributed by atoms with Crippen LogP contribution in [0.15, 0.2) is 42.5 Å². The first-order chi connectivity index (χ1) is 13.4. The van der Waals surface area contributed by atoms with Crippen LogP contribution in [0, 0.1) is 0 Å². The van der Waals surface area contributed by atoms with E-state index in [1.165, 1.54) is 31.4 Å². The molecule has 0 radical (unpaired) electrons. The second-order valence-corrected chi connectivity index (χ2v) is 5.96. The summed E-state index contributed by atoms with van der Waals surface area (Å²) in [6, 6.07) is 9.97. The van der Waals surface area contributed by atoms with Crippen molar-refractivity contribution in [3.05, 3.63) is 53.6 Å². The number of phenols is 3. The maximum Gasteiger partial charge on any atom is 0.342 e. The van der Waals surface area contributed by atoms with Gasteiger partial charge in [0.25, 0.3) is 0 Å². The molecule has 3 aromatic rings. The molecule has 144 valence electrons. The minimum atomic E-state index is -0.839. The Morgan fingerprint density at radius 2 is 1.50 bits per heavy atom. The normalized spacial score (nSPS) is 10.6. The Kier molecular flexibility index (Phi) is 5.08. The van der Waals surface area contributed by atoms with E-state index in [2.05, 4.69) is 0 Å². The molecule has 7 heteroatoms. The number of phenolic OH excluding ortho intramolecular Hbond substituents is 3. The molecule has 28 heavy (non-hydrogen) atoms. The van der Waals surface area contributed by atoms with Crippen LogP contribution in [0.1, 0.15) is 27.6 Å². The summed E-state index contributed by atoms with van der Waals surface area (Å²) in [7, 11) is 1.27. The molecule has 0 aliphatic heterocycles. The summed E-state index contributed by atoms with van der Waals surface area (Å²) in [5.41, 5.74) is 0.108. The summed E-state index contributed by atoms with van der Waals surface area (Å²) in [5, 5.41) is 32.2. The first kappa shape index (κ1) is 19.0. The molecule has 0 saturated heterocycles. The van der Waals surface area contributed by atoms with Gasteiger partial charge in [-0.1, -0.05) is 12.1 Å². The topological polar surface area (TPSA) is 113 Å². The van der Waals surface area contributed by atoms with E-state index in [1.807, 2.05) is 0 Å². The fourth-order valence-corrected chi connectivity index (χ4v) is 3.07. The largest absolute Gasteiger partial charge is 0.507 e. The second-order valence-electron chi connectivity index (χ2n) is 5.96. The third-order valence-corrected chi connectivity index (χ3v) is 4.31. The van der Waals surface area contributed by atoms with Crippen LogP contribution in [0.5, 0.6) is 17.2 Å². The summed E-state index contributed by atoms with van der Waals surface area (Å²) in [6.45, 7) is 1.68. The van der Waals surface area contributed by atoms with Gasteiger partial charge in [-0.05, 0) is 48.0 Å². The molecule has 7 nitrogen and oxygen atoms in total. The zero-order chi connectivity index (χ0) is 20.4. The van der Waals surface area contributed by atoms with Crippen LogP contribution < -0.4 is 0 Å². The third-order valence-electron chi connectivity index (χ3n) is 4.31. The summed E-state index contributed by atoms with van der Waals surface area (Å²) >= 11 is 0. The lowest BCUT2D eigenvalue weighted by molar-refractivity contribution is 0.0522. The standard InChI is InChI=1S/C21H18O7/c1-3-28-21(26)19-16(24)9-8-15(23)18(19)17-13-6-4-12(20(25)27-2)10-11(13)5-7-14(17)22/h4-10,22-24H,3H2,1-2H3. The Hall–Kier alpha value is -3.74. The smallest absolute Gasteiger partial charge is 0.342 e. The van der Waals surface area contributed by atoms with Gasteiger partial charge in [-0.15, -0.1) is 0 Å². The Labute approximate surface area is 160 Å². The molecular weight excluding hydrogens is 364 g/mol. The summed E-state index contributed by atoms with van der Waals surface area (Å²) < 4.78 is 9.70. The molecule has 0 aliphatic rings. The number of rotatable bonds is 4. The summed E-state index contributed by atoms with van der Waals surface area (Å²) in [4.78, 5) is 24.2. The number of methoxy groups -OCH3 is 1. The highest BCUT2D eigenvalue weighted by Crippen LogP contribution is 2.45. The monoisotopic (exact) mass is 382 g/mol. The first-order valence-electron chi connectivity index (χ1n) is 8.45. The molecule has 0 spiro atoms. The fraction of sp³-hybridized carbons (Fsp3) is 0.143. The Balaban J connectivity index is 2.35. The average molecular weight is 382 g/mol. The number of ether oxygens (including phenoxy) is 2. The first-order valence-corrected chi connectivity index (χ1v) is 8.45. The van der Waals surface area contributed by atoms with Crippen molar-refractivity contribution in [3.8, 4) is 28.4 Å². The van der Waals surface area contributed by atoms with Gasteiger partial charge in [0.05, 0.1) is 19.3 Å². The maximum absolute atomic E-state index is 12.4. The van der Waals surface area contributed by atoms with Gasteiger partial charge in [0.1, 0.15) is 22.8 Å². The van der Waals surface area contributed by atoms with Crippen LogP contribution in [-0.4, -0.2) is 41.0 Å². The van der Waals surface area contributed by atoms with Gasteiger partial charge in [-0.25, -0.2) is 9.59 Å². The van der Waals surface area contributed by atoms with Crippen molar-refractivity contribution in [2.24, 2.45) is 0 Å². The molecule has 0 aromatic heterocycles. The summed E-state index contributed by atoms with van der Waals surface area (Å²) in [5.74, 6) is -2.29. The number of benzene rings is 3. The van der Waals surface area contributed by atoms with Crippen LogP contribution >= 0.6 is 0 Å². The lowest BCUT2D eigenvalue weighted by Gasteiger charge is -2.16. The summed E-state index contributed by atoms with van der Waals surface area (Å²) in [6.07, 6.45) is 0. The SMILES string of the molecule is CCOC(=O)c1c(O)ccc(O)c1-c1c(O)ccc2cc(C(=O)OC)ccc12. The molecule has 3 aromatic carbocycles. The average Bonchev–Trinajstić information content (AvgIpc) is 2.69. The van der Waals surface area contributed by atoms with E-state index in [9.17, 15) is 24.9 Å². The molecule has 0 amide bonds. The van der Waals surface area contributed by atoms with Gasteiger partial charge >= 0.3 is 11.9 Å². The highest BCUT2D eigenvalue weighted by atomic mass is 16.5. The van der Waals surface area contributed by atoms with Crippen LogP contribution in [0.3, 0.4) is 0 Å². The number of aromatic hydroxyl groups is 3. The van der Waals surface area contributed by atoms with Crippen LogP contribution in [0.4, 0.5) is 0 Å². The van der Waals surface area contributed by atoms with Gasteiger partial charge in [0, 0.05) is 11.1 Å². The Bertz CT molecular complexity index is 1090. The van der Waals surface area contributed by atoms with Crippen molar-refractivity contribution in [2.45, 2.75) is 6.92 Å². The Morgan fingerprint density at radius 1 is 0.857 bits per heavy atom.